The molecule has 0 unspecified atom stereocenters. The van der Waals surface area contributed by atoms with E-state index in [-0.39, 0.29) is 19.0 Å². The fourth-order valence-corrected chi connectivity index (χ4v) is 2.87. The monoisotopic (exact) mass is 285 g/mol. The number of terminal acetylenes is 1. The highest BCUT2D eigenvalue weighted by molar-refractivity contribution is 5.91. The van der Waals surface area contributed by atoms with Gasteiger partial charge in [0.05, 0.1) is 12.0 Å². The van der Waals surface area contributed by atoms with Crippen molar-refractivity contribution in [3.63, 3.8) is 0 Å². The zero-order chi connectivity index (χ0) is 15.5. The Morgan fingerprint density at radius 2 is 2.14 bits per heavy atom. The summed E-state index contributed by atoms with van der Waals surface area (Å²) in [5.41, 5.74) is 1.46. The number of aliphatic carboxylic acids is 1. The van der Waals surface area contributed by atoms with Crippen molar-refractivity contribution in [2.24, 2.45) is 0 Å². The number of carboxylic acid groups (broad SMARTS) is 1. The van der Waals surface area contributed by atoms with E-state index in [4.69, 9.17) is 11.5 Å². The molecule has 0 heterocycles. The lowest BCUT2D eigenvalue weighted by molar-refractivity contribution is -0.148. The molecule has 0 saturated heterocycles. The number of aryl methyl sites for hydroxylation is 1. The first-order valence-corrected chi connectivity index (χ1v) is 7.01. The third kappa shape index (κ3) is 2.92. The second-order valence-electron chi connectivity index (χ2n) is 5.56. The number of amides is 1. The highest BCUT2D eigenvalue weighted by atomic mass is 16.4. The van der Waals surface area contributed by atoms with Crippen molar-refractivity contribution in [2.75, 3.05) is 13.1 Å². The molecule has 1 N–H and O–H groups in total. The van der Waals surface area contributed by atoms with Crippen LogP contribution in [0.2, 0.25) is 0 Å². The average molecular weight is 285 g/mol. The number of nitrogens with zero attached hydrogens (tertiary/aromatic N) is 1. The van der Waals surface area contributed by atoms with Crippen molar-refractivity contribution in [3.8, 4) is 12.3 Å². The van der Waals surface area contributed by atoms with Crippen molar-refractivity contribution in [1.82, 2.24) is 4.90 Å². The maximum absolute atomic E-state index is 12.9. The highest BCUT2D eigenvalue weighted by Crippen LogP contribution is 2.45. The Balaban J connectivity index is 2.33. The molecule has 2 rings (SSSR count). The highest BCUT2D eigenvalue weighted by Gasteiger charge is 2.47. The molecule has 0 bridgehead atoms. The van der Waals surface area contributed by atoms with Gasteiger partial charge in [-0.05, 0) is 25.3 Å². The Labute approximate surface area is 124 Å². The molecular weight excluding hydrogens is 266 g/mol. The van der Waals surface area contributed by atoms with Crippen molar-refractivity contribution >= 4 is 11.9 Å². The third-order valence-corrected chi connectivity index (χ3v) is 4.08. The van der Waals surface area contributed by atoms with E-state index in [2.05, 4.69) is 5.92 Å². The molecule has 0 radical (unpaired) electrons. The molecule has 1 aromatic rings. The number of carbonyl (C=O) groups excluding carboxylic acids is 1. The summed E-state index contributed by atoms with van der Waals surface area (Å²) in [4.78, 5) is 25.1. The quantitative estimate of drug-likeness (QED) is 0.841. The van der Waals surface area contributed by atoms with Gasteiger partial charge in [0.2, 0.25) is 5.91 Å². The summed E-state index contributed by atoms with van der Waals surface area (Å²) in [5, 5.41) is 8.97. The smallest absolute Gasteiger partial charge is 0.323 e. The first-order chi connectivity index (χ1) is 9.99. The van der Waals surface area contributed by atoms with E-state index in [0.717, 1.165) is 30.4 Å². The zero-order valence-electron chi connectivity index (χ0n) is 12.1. The molecule has 1 fully saturated rings. The first-order valence-electron chi connectivity index (χ1n) is 7.01. The van der Waals surface area contributed by atoms with E-state index in [1.807, 2.05) is 31.2 Å². The van der Waals surface area contributed by atoms with Gasteiger partial charge in [0, 0.05) is 0 Å². The molecule has 1 aliphatic rings. The van der Waals surface area contributed by atoms with Crippen LogP contribution < -0.4 is 0 Å². The van der Waals surface area contributed by atoms with Gasteiger partial charge in [0.25, 0.3) is 0 Å². The van der Waals surface area contributed by atoms with Crippen LogP contribution in [0.15, 0.2) is 24.3 Å². The minimum absolute atomic E-state index is 0.0265. The normalized spacial score (nSPS) is 15.6. The summed E-state index contributed by atoms with van der Waals surface area (Å²) in [6.45, 7) is 1.66. The molecule has 0 spiro atoms. The largest absolute Gasteiger partial charge is 0.480 e. The molecule has 1 aromatic carbocycles. The molecule has 1 amide bonds. The Bertz CT molecular complexity index is 596. The van der Waals surface area contributed by atoms with Gasteiger partial charge in [-0.1, -0.05) is 42.2 Å². The zero-order valence-corrected chi connectivity index (χ0v) is 12.1. The minimum Gasteiger partial charge on any atom is -0.480 e. The average Bonchev–Trinajstić information content (AvgIpc) is 2.36. The second-order valence-corrected chi connectivity index (χ2v) is 5.56. The molecule has 4 heteroatoms. The Hall–Kier alpha value is -2.28. The van der Waals surface area contributed by atoms with Crippen LogP contribution in [-0.4, -0.2) is 35.0 Å². The van der Waals surface area contributed by atoms with Gasteiger partial charge >= 0.3 is 5.97 Å². The second kappa shape index (κ2) is 6.01. The van der Waals surface area contributed by atoms with Gasteiger partial charge in [0.1, 0.15) is 6.54 Å². The van der Waals surface area contributed by atoms with Crippen LogP contribution in [0.4, 0.5) is 0 Å². The Morgan fingerprint density at radius 3 is 2.62 bits per heavy atom. The minimum atomic E-state index is -1.04. The van der Waals surface area contributed by atoms with E-state index in [0.29, 0.717) is 0 Å². The van der Waals surface area contributed by atoms with Crippen molar-refractivity contribution in [1.29, 1.82) is 0 Å². The van der Waals surface area contributed by atoms with Gasteiger partial charge in [0.15, 0.2) is 0 Å². The summed E-state index contributed by atoms with van der Waals surface area (Å²) < 4.78 is 0. The van der Waals surface area contributed by atoms with Crippen LogP contribution in [0.1, 0.15) is 30.4 Å². The maximum atomic E-state index is 12.9. The molecular formula is C17H19NO3. The van der Waals surface area contributed by atoms with Gasteiger partial charge in [-0.3, -0.25) is 9.59 Å². The lowest BCUT2D eigenvalue weighted by Gasteiger charge is -2.43. The topological polar surface area (TPSA) is 57.6 Å². The van der Waals surface area contributed by atoms with E-state index in [9.17, 15) is 9.59 Å². The summed E-state index contributed by atoms with van der Waals surface area (Å²) in [6.07, 6.45) is 7.73. The third-order valence-electron chi connectivity index (χ3n) is 4.08. The summed E-state index contributed by atoms with van der Waals surface area (Å²) in [5.74, 6) is 1.17. The fraction of sp³-hybridized carbons (Fsp3) is 0.412. The number of benzene rings is 1. The molecule has 21 heavy (non-hydrogen) atoms. The summed E-state index contributed by atoms with van der Waals surface area (Å²) in [6, 6.07) is 7.86. The van der Waals surface area contributed by atoms with Crippen LogP contribution >= 0.6 is 0 Å². The molecule has 4 nitrogen and oxygen atoms in total. The predicted molar refractivity (Wildman–Crippen MR) is 79.8 cm³/mol. The van der Waals surface area contributed by atoms with Gasteiger partial charge < -0.3 is 10.0 Å². The number of rotatable bonds is 5. The Kier molecular flexibility index (Phi) is 4.32. The lowest BCUT2D eigenvalue weighted by atomic mass is 9.63. The number of hydrogen-bond acceptors (Lipinski definition) is 2. The van der Waals surface area contributed by atoms with E-state index in [1.165, 1.54) is 4.90 Å². The van der Waals surface area contributed by atoms with Crippen LogP contribution in [0.5, 0.6) is 0 Å². The Morgan fingerprint density at radius 1 is 1.43 bits per heavy atom. The predicted octanol–water partition coefficient (Wildman–Crippen LogP) is 1.96. The summed E-state index contributed by atoms with van der Waals surface area (Å²) in [7, 11) is 0. The van der Waals surface area contributed by atoms with Crippen LogP contribution in [-0.2, 0) is 15.0 Å². The SMILES string of the molecule is C#CCN(CC(=O)O)C(=O)C1(c2cccc(C)c2)CCC1. The number of hydrogen-bond donors (Lipinski definition) is 1. The van der Waals surface area contributed by atoms with Crippen molar-refractivity contribution < 1.29 is 14.7 Å². The van der Waals surface area contributed by atoms with Crippen LogP contribution in [0.25, 0.3) is 0 Å². The molecule has 0 aliphatic heterocycles. The first kappa shape index (κ1) is 15.1. The van der Waals surface area contributed by atoms with E-state index >= 15 is 0 Å². The van der Waals surface area contributed by atoms with Crippen LogP contribution in [0.3, 0.4) is 0 Å². The molecule has 0 atom stereocenters. The number of carbonyl (C=O) groups is 2. The van der Waals surface area contributed by atoms with Crippen molar-refractivity contribution in [2.45, 2.75) is 31.6 Å². The van der Waals surface area contributed by atoms with Crippen molar-refractivity contribution in [3.05, 3.63) is 35.4 Å². The molecule has 110 valence electrons. The van der Waals surface area contributed by atoms with Gasteiger partial charge in [-0.2, -0.15) is 0 Å². The fourth-order valence-electron chi connectivity index (χ4n) is 2.87. The lowest BCUT2D eigenvalue weighted by Crippen LogP contribution is -2.52. The standard InChI is InChI=1S/C17H19NO3/c1-3-10-18(12-15(19)20)16(21)17(8-5-9-17)14-7-4-6-13(2)11-14/h1,4,6-7,11H,5,8-10,12H2,2H3,(H,19,20). The van der Waals surface area contributed by atoms with Gasteiger partial charge in [-0.15, -0.1) is 6.42 Å². The summed E-state index contributed by atoms with van der Waals surface area (Å²) >= 11 is 0. The maximum Gasteiger partial charge on any atom is 0.323 e. The van der Waals surface area contributed by atoms with Crippen LogP contribution in [0, 0.1) is 19.3 Å². The molecule has 0 aromatic heterocycles. The molecule has 1 aliphatic carbocycles. The van der Waals surface area contributed by atoms with E-state index < -0.39 is 11.4 Å². The van der Waals surface area contributed by atoms with Gasteiger partial charge in [-0.25, -0.2) is 0 Å². The number of carboxylic acids is 1. The molecule has 1 saturated carbocycles. The van der Waals surface area contributed by atoms with E-state index in [1.54, 1.807) is 0 Å².